The maximum Gasteiger partial charge on any atom is 0.334 e. The zero-order chi connectivity index (χ0) is 24.5. The highest BCUT2D eigenvalue weighted by Gasteiger charge is 2.30. The van der Waals surface area contributed by atoms with Gasteiger partial charge in [-0.15, -0.1) is 0 Å². The van der Waals surface area contributed by atoms with Crippen LogP contribution >= 0.6 is 11.6 Å². The monoisotopic (exact) mass is 490 g/mol. The molecule has 1 saturated heterocycles. The number of rotatable bonds is 6. The van der Waals surface area contributed by atoms with Crippen molar-refractivity contribution in [2.45, 2.75) is 12.5 Å². The van der Waals surface area contributed by atoms with Gasteiger partial charge in [0.05, 0.1) is 41.1 Å². The van der Waals surface area contributed by atoms with E-state index in [0.29, 0.717) is 47.2 Å². The molecule has 178 valence electrons. The second kappa shape index (κ2) is 9.31. The van der Waals surface area contributed by atoms with Crippen LogP contribution in [0, 0.1) is 0 Å². The van der Waals surface area contributed by atoms with Crippen LogP contribution in [0.3, 0.4) is 0 Å². The lowest BCUT2D eigenvalue weighted by molar-refractivity contribution is -0.125. The van der Waals surface area contributed by atoms with Crippen LogP contribution in [0.25, 0.3) is 16.7 Å². The van der Waals surface area contributed by atoms with Crippen molar-refractivity contribution >= 4 is 28.5 Å². The molecule has 0 spiro atoms. The zero-order valence-electron chi connectivity index (χ0n) is 19.1. The van der Waals surface area contributed by atoms with Gasteiger partial charge in [-0.05, 0) is 61.0 Å². The van der Waals surface area contributed by atoms with E-state index in [-0.39, 0.29) is 17.6 Å². The van der Waals surface area contributed by atoms with Crippen molar-refractivity contribution in [1.29, 1.82) is 0 Å². The maximum atomic E-state index is 13.7. The quantitative estimate of drug-likeness (QED) is 0.369. The Balaban J connectivity index is 1.51. The van der Waals surface area contributed by atoms with E-state index < -0.39 is 0 Å². The third kappa shape index (κ3) is 4.17. The minimum atomic E-state index is -0.217. The molecule has 0 saturated carbocycles. The fraction of sp³-hybridized carbons (Fsp3) is 0.192. The standard InChI is InChI=1S/C26H23ClN4O4/c1-3-25(32)29-13-11-18(16-29)31-22-10-12-28-15-23(22)30(26(31)33)17-4-9-24(21(27)14-17)35-20-7-5-19(34-2)6-8-20/h3-10,12,14-15,18H,1,11,13,16H2,2H3/t18-/m1/s1. The average molecular weight is 491 g/mol. The van der Waals surface area contributed by atoms with Crippen molar-refractivity contribution in [3.63, 3.8) is 0 Å². The topological polar surface area (TPSA) is 78.6 Å². The number of fused-ring (bicyclic) bond motifs is 1. The Morgan fingerprint density at radius 1 is 1.14 bits per heavy atom. The fourth-order valence-corrected chi connectivity index (χ4v) is 4.65. The van der Waals surface area contributed by atoms with Crippen molar-refractivity contribution in [1.82, 2.24) is 19.0 Å². The Morgan fingerprint density at radius 2 is 1.91 bits per heavy atom. The van der Waals surface area contributed by atoms with Gasteiger partial charge in [0.1, 0.15) is 17.2 Å². The van der Waals surface area contributed by atoms with E-state index in [0.717, 1.165) is 11.3 Å². The first-order chi connectivity index (χ1) is 17.0. The molecule has 1 aliphatic rings. The molecule has 0 bridgehead atoms. The second-order valence-corrected chi connectivity index (χ2v) is 8.58. The first kappa shape index (κ1) is 22.7. The number of halogens is 1. The van der Waals surface area contributed by atoms with Crippen LogP contribution < -0.4 is 15.2 Å². The van der Waals surface area contributed by atoms with Crippen LogP contribution in [0.4, 0.5) is 0 Å². The SMILES string of the molecule is C=CC(=O)N1CC[C@@H](n2c(=O)n(-c3ccc(Oc4ccc(OC)cc4)c(Cl)c3)c3cnccc32)C1. The number of pyridine rings is 1. The summed E-state index contributed by atoms with van der Waals surface area (Å²) in [6.07, 6.45) is 5.29. The van der Waals surface area contributed by atoms with E-state index in [1.165, 1.54) is 6.08 Å². The van der Waals surface area contributed by atoms with E-state index in [4.69, 9.17) is 21.1 Å². The molecule has 1 aliphatic heterocycles. The Labute approximate surface area is 206 Å². The first-order valence-electron chi connectivity index (χ1n) is 11.1. The number of benzene rings is 2. The molecular formula is C26H23ClN4O4. The Bertz CT molecular complexity index is 1480. The summed E-state index contributed by atoms with van der Waals surface area (Å²) < 4.78 is 14.4. The Kier molecular flexibility index (Phi) is 6.05. The van der Waals surface area contributed by atoms with Crippen molar-refractivity contribution in [3.8, 4) is 22.9 Å². The van der Waals surface area contributed by atoms with E-state index in [2.05, 4.69) is 11.6 Å². The number of carbonyl (C=O) groups excluding carboxylic acids is 1. The minimum Gasteiger partial charge on any atom is -0.497 e. The number of carbonyl (C=O) groups is 1. The molecule has 1 atom stereocenters. The van der Waals surface area contributed by atoms with Crippen LogP contribution in [0.1, 0.15) is 12.5 Å². The Morgan fingerprint density at radius 3 is 2.63 bits per heavy atom. The lowest BCUT2D eigenvalue weighted by Crippen LogP contribution is -2.31. The van der Waals surface area contributed by atoms with Gasteiger partial charge < -0.3 is 14.4 Å². The number of ether oxygens (including phenoxy) is 2. The van der Waals surface area contributed by atoms with E-state index in [9.17, 15) is 9.59 Å². The second-order valence-electron chi connectivity index (χ2n) is 8.18. The summed E-state index contributed by atoms with van der Waals surface area (Å²) in [6, 6.07) is 14.0. The van der Waals surface area contributed by atoms with Gasteiger partial charge >= 0.3 is 5.69 Å². The number of nitrogens with zero attached hydrogens (tertiary/aromatic N) is 4. The van der Waals surface area contributed by atoms with Crippen molar-refractivity contribution < 1.29 is 14.3 Å². The fourth-order valence-electron chi connectivity index (χ4n) is 4.44. The summed E-state index contributed by atoms with van der Waals surface area (Å²) in [5.41, 5.74) is 1.78. The van der Waals surface area contributed by atoms with Gasteiger partial charge in [-0.3, -0.25) is 18.9 Å². The highest BCUT2D eigenvalue weighted by Crippen LogP contribution is 2.33. The number of imidazole rings is 1. The average Bonchev–Trinajstić information content (AvgIpc) is 3.47. The van der Waals surface area contributed by atoms with Crippen molar-refractivity contribution in [3.05, 3.63) is 89.1 Å². The molecule has 0 N–H and O–H groups in total. The first-order valence-corrected chi connectivity index (χ1v) is 11.5. The highest BCUT2D eigenvalue weighted by atomic mass is 35.5. The molecule has 0 unspecified atom stereocenters. The molecule has 0 aliphatic carbocycles. The smallest absolute Gasteiger partial charge is 0.334 e. The van der Waals surface area contributed by atoms with Crippen LogP contribution in [-0.2, 0) is 4.79 Å². The minimum absolute atomic E-state index is 0.134. The molecular weight excluding hydrogens is 468 g/mol. The lowest BCUT2D eigenvalue weighted by atomic mass is 10.2. The number of hydrogen-bond acceptors (Lipinski definition) is 5. The van der Waals surface area contributed by atoms with Gasteiger partial charge in [0, 0.05) is 19.3 Å². The molecule has 2 aromatic heterocycles. The van der Waals surface area contributed by atoms with Gasteiger partial charge in [0.15, 0.2) is 0 Å². The highest BCUT2D eigenvalue weighted by molar-refractivity contribution is 6.32. The summed E-state index contributed by atoms with van der Waals surface area (Å²) in [7, 11) is 1.60. The van der Waals surface area contributed by atoms with Crippen LogP contribution in [-0.4, -0.2) is 45.1 Å². The molecule has 5 rings (SSSR count). The van der Waals surface area contributed by atoms with Crippen LogP contribution in [0.2, 0.25) is 5.02 Å². The van der Waals surface area contributed by atoms with E-state index in [1.807, 2.05) is 6.07 Å². The number of aromatic nitrogens is 3. The van der Waals surface area contributed by atoms with E-state index >= 15 is 0 Å². The number of hydrogen-bond donors (Lipinski definition) is 0. The molecule has 0 radical (unpaired) electrons. The molecule has 35 heavy (non-hydrogen) atoms. The molecule has 1 fully saturated rings. The third-order valence-corrected chi connectivity index (χ3v) is 6.45. The number of amides is 1. The van der Waals surface area contributed by atoms with E-state index in [1.54, 1.807) is 76.0 Å². The largest absolute Gasteiger partial charge is 0.497 e. The molecule has 9 heteroatoms. The number of methoxy groups -OCH3 is 1. The van der Waals surface area contributed by atoms with Gasteiger partial charge in [0.25, 0.3) is 0 Å². The summed E-state index contributed by atoms with van der Waals surface area (Å²) in [6.45, 7) is 4.58. The lowest BCUT2D eigenvalue weighted by Gasteiger charge is -2.15. The van der Waals surface area contributed by atoms with Gasteiger partial charge in [-0.2, -0.15) is 0 Å². The maximum absolute atomic E-state index is 13.7. The molecule has 8 nitrogen and oxygen atoms in total. The van der Waals surface area contributed by atoms with Gasteiger partial charge in [-0.25, -0.2) is 4.79 Å². The predicted octanol–water partition coefficient (Wildman–Crippen LogP) is 4.60. The third-order valence-electron chi connectivity index (χ3n) is 6.15. The van der Waals surface area contributed by atoms with Gasteiger partial charge in [0.2, 0.25) is 5.91 Å². The van der Waals surface area contributed by atoms with Gasteiger partial charge in [-0.1, -0.05) is 18.2 Å². The molecule has 4 aromatic rings. The summed E-state index contributed by atoms with van der Waals surface area (Å²) in [4.78, 5) is 31.7. The number of likely N-dealkylation sites (tertiary alicyclic amines) is 1. The van der Waals surface area contributed by atoms with Crippen molar-refractivity contribution in [2.24, 2.45) is 0 Å². The van der Waals surface area contributed by atoms with Crippen molar-refractivity contribution in [2.75, 3.05) is 20.2 Å². The van der Waals surface area contributed by atoms with Crippen LogP contribution in [0.15, 0.2) is 78.4 Å². The molecule has 1 amide bonds. The summed E-state index contributed by atoms with van der Waals surface area (Å²) in [5, 5.41) is 0.360. The Hall–Kier alpha value is -4.04. The summed E-state index contributed by atoms with van der Waals surface area (Å²) in [5.74, 6) is 1.66. The molecule has 3 heterocycles. The predicted molar refractivity (Wildman–Crippen MR) is 134 cm³/mol. The molecule has 2 aromatic carbocycles. The zero-order valence-corrected chi connectivity index (χ0v) is 19.8. The normalized spacial score (nSPS) is 15.4. The summed E-state index contributed by atoms with van der Waals surface area (Å²) >= 11 is 6.55. The van der Waals surface area contributed by atoms with Crippen LogP contribution in [0.5, 0.6) is 17.2 Å².